The fourth-order valence-corrected chi connectivity index (χ4v) is 4.02. The lowest BCUT2D eigenvalue weighted by Gasteiger charge is -2.26. The average Bonchev–Trinajstić information content (AvgIpc) is 2.53. The summed E-state index contributed by atoms with van der Waals surface area (Å²) in [6, 6.07) is 4.91. The molecule has 1 saturated heterocycles. The molecule has 0 bridgehead atoms. The maximum Gasteiger partial charge on any atom is 0.0701 e. The Morgan fingerprint density at radius 1 is 1.54 bits per heavy atom. The topological polar surface area (TPSA) is 12.0 Å². The van der Waals surface area contributed by atoms with Gasteiger partial charge in [-0.3, -0.25) is 0 Å². The summed E-state index contributed by atoms with van der Waals surface area (Å²) in [6.07, 6.45) is 0. The van der Waals surface area contributed by atoms with Gasteiger partial charge in [-0.25, -0.2) is 0 Å². The first kappa shape index (κ1) is 10.0. The Morgan fingerprint density at radius 3 is 2.92 bits per heavy atom. The molecule has 1 aromatic rings. The van der Waals surface area contributed by atoms with Gasteiger partial charge in [0.15, 0.2) is 0 Å². The number of halogens is 1. The smallest absolute Gasteiger partial charge is 0.0701 e. The number of hydrogen-bond acceptors (Lipinski definition) is 3. The predicted octanol–water partition coefficient (Wildman–Crippen LogP) is 3.28. The van der Waals surface area contributed by atoms with Gasteiger partial charge in [0.1, 0.15) is 0 Å². The maximum absolute atomic E-state index is 3.57. The van der Waals surface area contributed by atoms with E-state index in [2.05, 4.69) is 52.1 Å². The quantitative estimate of drug-likeness (QED) is 0.846. The lowest BCUT2D eigenvalue weighted by Crippen LogP contribution is -2.34. The van der Waals surface area contributed by atoms with Crippen LogP contribution in [0.4, 0.5) is 0 Å². The molecule has 2 atom stereocenters. The van der Waals surface area contributed by atoms with E-state index in [1.54, 1.807) is 0 Å². The molecule has 1 aromatic heterocycles. The molecule has 1 nitrogen and oxygen atoms in total. The number of hydrogen-bond donors (Lipinski definition) is 1. The normalized spacial score (nSPS) is 29.1. The van der Waals surface area contributed by atoms with Crippen LogP contribution < -0.4 is 5.32 Å². The minimum atomic E-state index is 0.567. The molecule has 2 unspecified atom stereocenters. The van der Waals surface area contributed by atoms with Crippen LogP contribution in [0.3, 0.4) is 0 Å². The van der Waals surface area contributed by atoms with E-state index in [1.165, 1.54) is 14.4 Å². The fourth-order valence-electron chi connectivity index (χ4n) is 1.38. The van der Waals surface area contributed by atoms with E-state index in [9.17, 15) is 0 Å². The van der Waals surface area contributed by atoms with E-state index >= 15 is 0 Å². The SMILES string of the molecule is CC1CNC(c2ccc(Br)s2)CS1. The summed E-state index contributed by atoms with van der Waals surface area (Å²) >= 11 is 7.39. The molecule has 0 aliphatic carbocycles. The van der Waals surface area contributed by atoms with Crippen molar-refractivity contribution in [2.24, 2.45) is 0 Å². The molecule has 1 N–H and O–H groups in total. The number of nitrogens with one attached hydrogen (secondary N) is 1. The molecule has 2 rings (SSSR count). The highest BCUT2D eigenvalue weighted by Gasteiger charge is 2.20. The summed E-state index contributed by atoms with van der Waals surface area (Å²) in [4.78, 5) is 1.45. The molecule has 0 aromatic carbocycles. The van der Waals surface area contributed by atoms with Crippen molar-refractivity contribution in [3.63, 3.8) is 0 Å². The molecular weight excluding hydrogens is 266 g/mol. The summed E-state index contributed by atoms with van der Waals surface area (Å²) in [6.45, 7) is 3.41. The highest BCUT2D eigenvalue weighted by molar-refractivity contribution is 9.11. The molecule has 13 heavy (non-hydrogen) atoms. The minimum absolute atomic E-state index is 0.567. The molecule has 72 valence electrons. The van der Waals surface area contributed by atoms with E-state index in [1.807, 2.05) is 11.3 Å². The monoisotopic (exact) mass is 277 g/mol. The Kier molecular flexibility index (Phi) is 3.35. The highest BCUT2D eigenvalue weighted by Crippen LogP contribution is 2.32. The van der Waals surface area contributed by atoms with Crippen molar-refractivity contribution in [1.82, 2.24) is 5.32 Å². The Hall–Kier alpha value is 0.490. The van der Waals surface area contributed by atoms with Crippen LogP contribution in [0, 0.1) is 0 Å². The predicted molar refractivity (Wildman–Crippen MR) is 64.7 cm³/mol. The Labute approximate surface area is 95.4 Å². The molecular formula is C9H12BrNS2. The van der Waals surface area contributed by atoms with E-state index in [-0.39, 0.29) is 0 Å². The first-order chi connectivity index (χ1) is 6.25. The molecule has 0 saturated carbocycles. The first-order valence-corrected chi connectivity index (χ1v) is 7.02. The van der Waals surface area contributed by atoms with Crippen molar-refractivity contribution in [2.45, 2.75) is 18.2 Å². The third-order valence-corrected chi connectivity index (χ3v) is 5.14. The molecule has 1 fully saturated rings. The van der Waals surface area contributed by atoms with Gasteiger partial charge < -0.3 is 5.32 Å². The van der Waals surface area contributed by atoms with E-state index < -0.39 is 0 Å². The number of thiophene rings is 1. The summed E-state index contributed by atoms with van der Waals surface area (Å²) in [5.74, 6) is 1.20. The van der Waals surface area contributed by atoms with Crippen LogP contribution in [0.5, 0.6) is 0 Å². The van der Waals surface area contributed by atoms with E-state index in [0.717, 1.165) is 11.8 Å². The fraction of sp³-hybridized carbons (Fsp3) is 0.556. The van der Waals surface area contributed by atoms with Crippen LogP contribution in [-0.4, -0.2) is 17.5 Å². The van der Waals surface area contributed by atoms with Gasteiger partial charge in [0.25, 0.3) is 0 Å². The van der Waals surface area contributed by atoms with Gasteiger partial charge in [0.2, 0.25) is 0 Å². The Morgan fingerprint density at radius 2 is 2.38 bits per heavy atom. The van der Waals surface area contributed by atoms with Crippen molar-refractivity contribution in [1.29, 1.82) is 0 Å². The molecule has 2 heterocycles. The van der Waals surface area contributed by atoms with Gasteiger partial charge in [-0.1, -0.05) is 6.92 Å². The maximum atomic E-state index is 3.57. The zero-order valence-corrected chi connectivity index (χ0v) is 10.6. The minimum Gasteiger partial charge on any atom is -0.307 e. The van der Waals surface area contributed by atoms with Gasteiger partial charge in [-0.05, 0) is 28.1 Å². The van der Waals surface area contributed by atoms with Crippen molar-refractivity contribution in [3.8, 4) is 0 Å². The lowest BCUT2D eigenvalue weighted by atomic mass is 10.2. The van der Waals surface area contributed by atoms with Gasteiger partial charge in [-0.2, -0.15) is 11.8 Å². The summed E-state index contributed by atoms with van der Waals surface area (Å²) in [7, 11) is 0. The second-order valence-corrected chi connectivity index (χ2v) is 7.21. The molecule has 0 radical (unpaired) electrons. The van der Waals surface area contributed by atoms with Gasteiger partial charge in [0.05, 0.1) is 9.83 Å². The highest BCUT2D eigenvalue weighted by atomic mass is 79.9. The molecule has 0 amide bonds. The second-order valence-electron chi connectivity index (χ2n) is 3.25. The molecule has 1 aliphatic rings. The summed E-state index contributed by atoms with van der Waals surface area (Å²) in [5, 5.41) is 4.33. The van der Waals surface area contributed by atoms with Crippen LogP contribution >= 0.6 is 39.0 Å². The molecule has 4 heteroatoms. The third-order valence-electron chi connectivity index (χ3n) is 2.14. The largest absolute Gasteiger partial charge is 0.307 e. The van der Waals surface area contributed by atoms with Crippen LogP contribution in [0.1, 0.15) is 17.8 Å². The number of thioether (sulfide) groups is 1. The van der Waals surface area contributed by atoms with E-state index in [4.69, 9.17) is 0 Å². The van der Waals surface area contributed by atoms with Gasteiger partial charge in [0, 0.05) is 22.4 Å². The van der Waals surface area contributed by atoms with Crippen LogP contribution in [-0.2, 0) is 0 Å². The van der Waals surface area contributed by atoms with Crippen molar-refractivity contribution >= 4 is 39.0 Å². The van der Waals surface area contributed by atoms with Crippen molar-refractivity contribution < 1.29 is 0 Å². The zero-order valence-electron chi connectivity index (χ0n) is 7.42. The van der Waals surface area contributed by atoms with Crippen molar-refractivity contribution in [3.05, 3.63) is 20.8 Å². The van der Waals surface area contributed by atoms with Gasteiger partial charge in [-0.15, -0.1) is 11.3 Å². The van der Waals surface area contributed by atoms with Crippen LogP contribution in [0.25, 0.3) is 0 Å². The average molecular weight is 278 g/mol. The zero-order chi connectivity index (χ0) is 9.26. The van der Waals surface area contributed by atoms with Gasteiger partial charge >= 0.3 is 0 Å². The first-order valence-electron chi connectivity index (χ1n) is 4.36. The second kappa shape index (κ2) is 4.34. The standard InChI is InChI=1S/C9H12BrNS2/c1-6-4-11-7(5-12-6)8-2-3-9(10)13-8/h2-3,6-7,11H,4-5H2,1H3. The summed E-state index contributed by atoms with van der Waals surface area (Å²) in [5.41, 5.74) is 0. The molecule has 0 spiro atoms. The molecule has 1 aliphatic heterocycles. The Bertz CT molecular complexity index is 279. The summed E-state index contributed by atoms with van der Waals surface area (Å²) < 4.78 is 1.23. The third kappa shape index (κ3) is 2.49. The lowest BCUT2D eigenvalue weighted by molar-refractivity contribution is 0.571. The number of rotatable bonds is 1. The van der Waals surface area contributed by atoms with E-state index in [0.29, 0.717) is 6.04 Å². The Balaban J connectivity index is 2.02. The van der Waals surface area contributed by atoms with Crippen LogP contribution in [0.2, 0.25) is 0 Å². The van der Waals surface area contributed by atoms with Crippen molar-refractivity contribution in [2.75, 3.05) is 12.3 Å². The van der Waals surface area contributed by atoms with Crippen LogP contribution in [0.15, 0.2) is 15.9 Å².